The van der Waals surface area contributed by atoms with E-state index in [1.165, 1.54) is 115 Å². The Labute approximate surface area is 750 Å². The molecule has 24 rings (SSSR count). The van der Waals surface area contributed by atoms with E-state index in [2.05, 4.69) is 388 Å². The van der Waals surface area contributed by atoms with E-state index in [4.69, 9.17) is 29.0 Å². The maximum atomic E-state index is 8.50. The number of aryl methyl sites for hydroxylation is 10. The number of aromatic nitrogens is 8. The number of rotatable bonds is 7. The van der Waals surface area contributed by atoms with E-state index in [1.807, 2.05) is 39.2 Å². The van der Waals surface area contributed by atoms with Crippen molar-refractivity contribution in [2.45, 2.75) is 115 Å². The zero-order valence-corrected chi connectivity index (χ0v) is 76.3. The first-order chi connectivity index (χ1) is 62.7. The third-order valence-corrected chi connectivity index (χ3v) is 27.2. The normalized spacial score (nSPS) is 12.2. The van der Waals surface area contributed by atoms with Crippen LogP contribution in [0.2, 0.25) is 0 Å². The van der Waals surface area contributed by atoms with Crippen LogP contribution in [-0.2, 0) is 28.2 Å². The molecule has 129 heavy (non-hydrogen) atoms. The van der Waals surface area contributed by atoms with E-state index in [0.717, 1.165) is 143 Å². The summed E-state index contributed by atoms with van der Waals surface area (Å²) in [7, 11) is 8.42. The molecular weight excluding hydrogens is 1580 g/mol. The minimum atomic E-state index is -0.651. The number of hydrogen-bond donors (Lipinski definition) is 0. The van der Waals surface area contributed by atoms with E-state index in [0.29, 0.717) is 34.7 Å². The van der Waals surface area contributed by atoms with Gasteiger partial charge >= 0.3 is 0 Å². The van der Waals surface area contributed by atoms with Crippen molar-refractivity contribution in [3.8, 4) is 45.0 Å². The fraction of sp³-hybridized carbons (Fsp3) is 0.179. The zero-order valence-electron chi connectivity index (χ0n) is 77.3. The molecule has 0 amide bonds. The standard InChI is InChI=1S/2C31H29N2O.C29H25N2O.C26H19N2O/c2*1-17(2)21-11-12-24-22(16-21)13-14-33(6)29(24)27-19(4)18(3)15-26-28-25-10-8-7-9-23(25)20(5)32-31(28)34-30(26)27;1-17(2)19-10-12-23-20(15-19)13-14-31(4)27(23)25-18(3)9-11-24-26-22-8-6-5-7-21(22)16-30-29(26)32-28(24)25;1-16-11-12-21-23-19-9-5-4-8-18(19)15-27-26(23)29-25(21)22(16)24-20-10-6-3-7-17(20)13-14-28(24)2/h2*7-17H,1-6H3;5-17H,1-4H3;3-15H,1-2H3/q4*+1/i17D;;;. The SMILES string of the molecule is Cc1cc2c(oc3nc(C)c4ccccc4c32)c(-c2c3ccc(C(C)C)cc3cc[n+]2C)c1C.Cc1ccc2c(oc3ncc4ccccc4c32)c1-c1c2ccc(C(C)C)cc2cc[n+]1C.Cc1ccc2c(oc3ncc4ccccc4c32)c1-c1c2ccccc2cc[n+]1C.[2H]C(C)(C)c1ccc2c(-c3c(C)c(C)cc4c3oc3nc(C)c5ccccc5c34)[n+](C)ccc2c1. The van der Waals surface area contributed by atoms with Crippen molar-refractivity contribution in [3.63, 3.8) is 0 Å². The van der Waals surface area contributed by atoms with Gasteiger partial charge < -0.3 is 17.7 Å². The molecule has 0 radical (unpaired) electrons. The molecule has 0 unspecified atom stereocenters. The van der Waals surface area contributed by atoms with Gasteiger partial charge in [-0.15, -0.1) is 0 Å². The first-order valence-corrected chi connectivity index (χ1v) is 44.7. The van der Waals surface area contributed by atoms with Crippen LogP contribution in [-0.4, -0.2) is 19.9 Å². The van der Waals surface area contributed by atoms with Crippen LogP contribution in [0.15, 0.2) is 291 Å². The third kappa shape index (κ3) is 13.4. The lowest BCUT2D eigenvalue weighted by molar-refractivity contribution is -0.659. The smallest absolute Gasteiger partial charge is 0.228 e. The highest BCUT2D eigenvalue weighted by Crippen LogP contribution is 2.48. The summed E-state index contributed by atoms with van der Waals surface area (Å²) in [5, 5.41) is 27.8. The van der Waals surface area contributed by atoms with Gasteiger partial charge in [0.05, 0.1) is 65.3 Å². The summed E-state index contributed by atoms with van der Waals surface area (Å²) in [6, 6.07) is 84.2. The van der Waals surface area contributed by atoms with Crippen molar-refractivity contribution in [3.05, 3.63) is 335 Å². The van der Waals surface area contributed by atoms with Gasteiger partial charge in [0.25, 0.3) is 0 Å². The van der Waals surface area contributed by atoms with Crippen LogP contribution >= 0.6 is 0 Å². The Kier molecular flexibility index (Phi) is 19.6. The summed E-state index contributed by atoms with van der Waals surface area (Å²) >= 11 is 0. The van der Waals surface area contributed by atoms with Crippen LogP contribution in [0.25, 0.3) is 219 Å². The van der Waals surface area contributed by atoms with E-state index in [1.54, 1.807) is 0 Å². The average Bonchev–Trinajstić information content (AvgIpc) is 1.56. The highest BCUT2D eigenvalue weighted by Gasteiger charge is 2.32. The summed E-state index contributed by atoms with van der Waals surface area (Å²) < 4.78 is 43.4. The predicted molar refractivity (Wildman–Crippen MR) is 533 cm³/mol. The molecule has 0 spiro atoms. The fourth-order valence-corrected chi connectivity index (χ4v) is 20.1. The Bertz CT molecular complexity index is 8900. The lowest BCUT2D eigenvalue weighted by atomic mass is 9.92. The Balaban J connectivity index is 0.000000105. The fourth-order valence-electron chi connectivity index (χ4n) is 20.1. The van der Waals surface area contributed by atoms with Gasteiger partial charge in [-0.1, -0.05) is 217 Å². The molecule has 0 fully saturated rings. The first kappa shape index (κ1) is 80.0. The lowest BCUT2D eigenvalue weighted by Crippen LogP contribution is -2.31. The highest BCUT2D eigenvalue weighted by molar-refractivity contribution is 6.25. The van der Waals surface area contributed by atoms with E-state index >= 15 is 0 Å². The van der Waals surface area contributed by atoms with Crippen molar-refractivity contribution >= 4 is 174 Å². The topological polar surface area (TPSA) is 120 Å². The number of fused-ring (bicyclic) bond motifs is 24. The molecule has 0 aliphatic carbocycles. The van der Waals surface area contributed by atoms with Crippen LogP contribution in [0.4, 0.5) is 0 Å². The van der Waals surface area contributed by atoms with Gasteiger partial charge in [0.15, 0.2) is 47.1 Å². The molecule has 12 heterocycles. The van der Waals surface area contributed by atoms with Crippen LogP contribution < -0.4 is 18.3 Å². The van der Waals surface area contributed by atoms with Gasteiger partial charge in [-0.25, -0.2) is 38.2 Å². The maximum absolute atomic E-state index is 8.50. The number of furan rings is 4. The predicted octanol–water partition coefficient (Wildman–Crippen LogP) is 29.0. The van der Waals surface area contributed by atoms with Gasteiger partial charge in [0.1, 0.15) is 28.2 Å². The molecule has 0 saturated heterocycles. The van der Waals surface area contributed by atoms with E-state index < -0.39 is 5.89 Å². The monoisotopic (exact) mass is 1680 g/mol. The Morgan fingerprint density at radius 3 is 0.961 bits per heavy atom. The second-order valence-corrected chi connectivity index (χ2v) is 36.2. The molecule has 0 atom stereocenters. The summed E-state index contributed by atoms with van der Waals surface area (Å²) in [5.74, 6) is 0.339. The van der Waals surface area contributed by atoms with Crippen molar-refractivity contribution in [2.75, 3.05) is 0 Å². The lowest BCUT2D eigenvalue weighted by Gasteiger charge is -2.12. The van der Waals surface area contributed by atoms with Crippen LogP contribution in [0.1, 0.15) is 122 Å². The molecule has 630 valence electrons. The molecule has 0 N–H and O–H groups in total. The summed E-state index contributed by atoms with van der Waals surface area (Å²) in [6.45, 7) is 30.0. The van der Waals surface area contributed by atoms with Crippen LogP contribution in [0.3, 0.4) is 0 Å². The van der Waals surface area contributed by atoms with Crippen molar-refractivity contribution in [1.82, 2.24) is 19.9 Å². The zero-order chi connectivity index (χ0) is 89.9. The molecule has 12 nitrogen and oxygen atoms in total. The highest BCUT2D eigenvalue weighted by atomic mass is 16.4. The van der Waals surface area contributed by atoms with Crippen LogP contribution in [0.5, 0.6) is 0 Å². The minimum absolute atomic E-state index is 0.493. The molecular formula is C117H102N8O4+4. The molecule has 0 saturated carbocycles. The second kappa shape index (κ2) is 31.6. The molecule has 12 heteroatoms. The molecule has 12 aromatic heterocycles. The molecule has 0 bridgehead atoms. The summed E-state index contributed by atoms with van der Waals surface area (Å²) in [4.78, 5) is 19.0. The van der Waals surface area contributed by atoms with Crippen molar-refractivity contribution < 1.29 is 37.3 Å². The number of benzene rings is 12. The van der Waals surface area contributed by atoms with Crippen molar-refractivity contribution in [2.24, 2.45) is 28.2 Å². The minimum Gasteiger partial charge on any atom is -0.437 e. The number of nitrogens with zero attached hydrogens (tertiary/aromatic N) is 8. The van der Waals surface area contributed by atoms with Gasteiger partial charge in [0, 0.05) is 92.5 Å². The quantitative estimate of drug-likeness (QED) is 0.145. The van der Waals surface area contributed by atoms with Crippen molar-refractivity contribution in [1.29, 1.82) is 0 Å². The second-order valence-electron chi connectivity index (χ2n) is 36.2. The maximum Gasteiger partial charge on any atom is 0.228 e. The third-order valence-electron chi connectivity index (χ3n) is 27.2. The Hall–Kier alpha value is -14.9. The van der Waals surface area contributed by atoms with Gasteiger partial charge in [-0.2, -0.15) is 0 Å². The molecule has 12 aromatic carbocycles. The largest absolute Gasteiger partial charge is 0.437 e. The van der Waals surface area contributed by atoms with Gasteiger partial charge in [-0.05, 0) is 203 Å². The van der Waals surface area contributed by atoms with Gasteiger partial charge in [0.2, 0.25) is 45.6 Å². The molecule has 0 aliphatic rings. The molecule has 24 aromatic rings. The summed E-state index contributed by atoms with van der Waals surface area (Å²) in [5.41, 5.74) is 28.5. The number of pyridine rings is 8. The molecule has 0 aliphatic heterocycles. The van der Waals surface area contributed by atoms with Gasteiger partial charge in [-0.3, -0.25) is 0 Å². The van der Waals surface area contributed by atoms with Crippen LogP contribution in [0, 0.1) is 55.4 Å². The average molecular weight is 1690 g/mol. The Morgan fingerprint density at radius 1 is 0.264 bits per heavy atom. The first-order valence-electron chi connectivity index (χ1n) is 45.2. The Morgan fingerprint density at radius 2 is 0.566 bits per heavy atom. The summed E-state index contributed by atoms with van der Waals surface area (Å²) in [6.07, 6.45) is 12.3. The van der Waals surface area contributed by atoms with E-state index in [9.17, 15) is 0 Å². The van der Waals surface area contributed by atoms with E-state index in [-0.39, 0.29) is 0 Å². The number of hydrogen-bond acceptors (Lipinski definition) is 8.